The highest BCUT2D eigenvalue weighted by Crippen LogP contribution is 2.26. The molecule has 0 aliphatic carbocycles. The van der Waals surface area contributed by atoms with E-state index in [9.17, 15) is 8.42 Å². The van der Waals surface area contributed by atoms with Crippen LogP contribution in [0.4, 0.5) is 11.5 Å². The van der Waals surface area contributed by atoms with Crippen molar-refractivity contribution in [2.24, 2.45) is 7.05 Å². The number of rotatable bonds is 3. The predicted octanol–water partition coefficient (Wildman–Crippen LogP) is 1.35. The molecule has 3 N–H and O–H groups in total. The molecule has 0 atom stereocenters. The van der Waals surface area contributed by atoms with Crippen LogP contribution in [0.3, 0.4) is 0 Å². The maximum atomic E-state index is 12.4. The number of benzene rings is 1. The van der Waals surface area contributed by atoms with Gasteiger partial charge >= 0.3 is 0 Å². The van der Waals surface area contributed by atoms with E-state index >= 15 is 0 Å². The van der Waals surface area contributed by atoms with E-state index in [0.29, 0.717) is 5.69 Å². The van der Waals surface area contributed by atoms with Gasteiger partial charge in [0, 0.05) is 36.4 Å². The summed E-state index contributed by atoms with van der Waals surface area (Å²) in [6.07, 6.45) is 4.65. The third kappa shape index (κ3) is 2.40. The summed E-state index contributed by atoms with van der Waals surface area (Å²) in [5.74, 6) is -0.0353. The lowest BCUT2D eigenvalue weighted by Gasteiger charge is -2.09. The third-order valence-electron chi connectivity index (χ3n) is 3.04. The number of nitrogens with one attached hydrogen (secondary N) is 1. The van der Waals surface area contributed by atoms with Gasteiger partial charge in [0.25, 0.3) is 10.0 Å². The Hall–Kier alpha value is -2.61. The number of nitrogen functional groups attached to an aromatic ring is 1. The standard InChI is InChI=1S/C13H13N5O2S/c1-18-8-12(13(14)16-18)21(19,20)17-11-4-2-3-9-7-15-6-5-10(9)11/h2-8,17H,1H3,(H2,14,16). The van der Waals surface area contributed by atoms with Crippen LogP contribution < -0.4 is 10.5 Å². The number of sulfonamides is 1. The van der Waals surface area contributed by atoms with Crippen LogP contribution in [0.2, 0.25) is 0 Å². The van der Waals surface area contributed by atoms with E-state index in [1.54, 1.807) is 37.6 Å². The average Bonchev–Trinajstić information content (AvgIpc) is 2.79. The minimum absolute atomic E-state index is 0.0353. The lowest BCUT2D eigenvalue weighted by Crippen LogP contribution is -2.14. The first-order chi connectivity index (χ1) is 9.97. The number of nitrogens with two attached hydrogens (primary N) is 1. The SMILES string of the molecule is Cn1cc(S(=O)(=O)Nc2cccc3cnccc23)c(N)n1. The lowest BCUT2D eigenvalue weighted by molar-refractivity contribution is 0.601. The van der Waals surface area contributed by atoms with Crippen LogP contribution in [0.25, 0.3) is 10.8 Å². The fourth-order valence-electron chi connectivity index (χ4n) is 2.10. The maximum Gasteiger partial charge on any atom is 0.267 e. The van der Waals surface area contributed by atoms with Crippen molar-refractivity contribution < 1.29 is 8.42 Å². The number of pyridine rings is 1. The molecule has 8 heteroatoms. The Bertz CT molecular complexity index is 912. The zero-order chi connectivity index (χ0) is 15.0. The molecule has 21 heavy (non-hydrogen) atoms. The van der Waals surface area contributed by atoms with Crippen LogP contribution in [0, 0.1) is 0 Å². The highest BCUT2D eigenvalue weighted by Gasteiger charge is 2.21. The van der Waals surface area contributed by atoms with Gasteiger partial charge in [-0.3, -0.25) is 14.4 Å². The number of aromatic nitrogens is 3. The average molecular weight is 303 g/mol. The van der Waals surface area contributed by atoms with Gasteiger partial charge in [0.1, 0.15) is 4.90 Å². The van der Waals surface area contributed by atoms with E-state index in [4.69, 9.17) is 5.73 Å². The second kappa shape index (κ2) is 4.74. The monoisotopic (exact) mass is 303 g/mol. The van der Waals surface area contributed by atoms with Gasteiger partial charge in [-0.2, -0.15) is 5.10 Å². The van der Waals surface area contributed by atoms with Crippen LogP contribution in [-0.4, -0.2) is 23.2 Å². The molecule has 0 aliphatic rings. The van der Waals surface area contributed by atoms with Crippen LogP contribution in [-0.2, 0) is 17.1 Å². The van der Waals surface area contributed by atoms with Crippen LogP contribution in [0.1, 0.15) is 0 Å². The van der Waals surface area contributed by atoms with Crippen molar-refractivity contribution in [3.63, 3.8) is 0 Å². The van der Waals surface area contributed by atoms with Crippen molar-refractivity contribution in [3.05, 3.63) is 42.9 Å². The van der Waals surface area contributed by atoms with Gasteiger partial charge in [-0.1, -0.05) is 12.1 Å². The summed E-state index contributed by atoms with van der Waals surface area (Å²) in [6, 6.07) is 7.05. The smallest absolute Gasteiger partial charge is 0.267 e. The number of anilines is 2. The Balaban J connectivity index is 2.08. The second-order valence-corrected chi connectivity index (χ2v) is 6.21. The minimum Gasteiger partial charge on any atom is -0.381 e. The molecule has 0 unspecified atom stereocenters. The molecule has 2 heterocycles. The van der Waals surface area contributed by atoms with E-state index in [2.05, 4.69) is 14.8 Å². The quantitative estimate of drug-likeness (QED) is 0.760. The molecule has 7 nitrogen and oxygen atoms in total. The van der Waals surface area contributed by atoms with Crippen molar-refractivity contribution in [2.75, 3.05) is 10.5 Å². The topological polar surface area (TPSA) is 103 Å². The summed E-state index contributed by atoms with van der Waals surface area (Å²) in [4.78, 5) is 3.97. The molecule has 0 bridgehead atoms. The highest BCUT2D eigenvalue weighted by atomic mass is 32.2. The summed E-state index contributed by atoms with van der Waals surface area (Å²) < 4.78 is 28.7. The van der Waals surface area contributed by atoms with Gasteiger partial charge in [-0.15, -0.1) is 0 Å². The molecule has 0 amide bonds. The van der Waals surface area contributed by atoms with Crippen molar-refractivity contribution in [3.8, 4) is 0 Å². The molecule has 0 aliphatic heterocycles. The number of fused-ring (bicyclic) bond motifs is 1. The number of aryl methyl sites for hydroxylation is 1. The Labute approximate surface area is 121 Å². The Morgan fingerprint density at radius 2 is 2.10 bits per heavy atom. The number of hydrogen-bond donors (Lipinski definition) is 2. The zero-order valence-electron chi connectivity index (χ0n) is 11.2. The van der Waals surface area contributed by atoms with Gasteiger partial charge in [0.2, 0.25) is 0 Å². The lowest BCUT2D eigenvalue weighted by atomic mass is 10.1. The van der Waals surface area contributed by atoms with E-state index in [0.717, 1.165) is 10.8 Å². The van der Waals surface area contributed by atoms with E-state index < -0.39 is 10.0 Å². The number of hydrogen-bond acceptors (Lipinski definition) is 5. The molecule has 0 fully saturated rings. The van der Waals surface area contributed by atoms with Gasteiger partial charge in [-0.05, 0) is 12.1 Å². The van der Waals surface area contributed by atoms with Crippen molar-refractivity contribution >= 4 is 32.3 Å². The van der Waals surface area contributed by atoms with Gasteiger partial charge in [0.15, 0.2) is 5.82 Å². The van der Waals surface area contributed by atoms with Gasteiger partial charge < -0.3 is 5.73 Å². The van der Waals surface area contributed by atoms with Crippen molar-refractivity contribution in [2.45, 2.75) is 4.90 Å². The normalized spacial score (nSPS) is 11.7. The first kappa shape index (κ1) is 13.4. The summed E-state index contributed by atoms with van der Waals surface area (Å²) in [5, 5.41) is 5.45. The highest BCUT2D eigenvalue weighted by molar-refractivity contribution is 7.92. The van der Waals surface area contributed by atoms with Crippen molar-refractivity contribution in [1.82, 2.24) is 14.8 Å². The second-order valence-electron chi connectivity index (χ2n) is 4.56. The summed E-state index contributed by atoms with van der Waals surface area (Å²) in [7, 11) is -2.18. The van der Waals surface area contributed by atoms with Crippen molar-refractivity contribution in [1.29, 1.82) is 0 Å². The Morgan fingerprint density at radius 1 is 1.29 bits per heavy atom. The van der Waals surface area contributed by atoms with Gasteiger partial charge in [-0.25, -0.2) is 8.42 Å². The minimum atomic E-state index is -3.79. The molecule has 0 saturated heterocycles. The first-order valence-corrected chi connectivity index (χ1v) is 7.60. The number of nitrogens with zero attached hydrogens (tertiary/aromatic N) is 3. The van der Waals surface area contributed by atoms with Gasteiger partial charge in [0.05, 0.1) is 5.69 Å². The molecule has 0 spiro atoms. The molecule has 108 valence electrons. The third-order valence-corrected chi connectivity index (χ3v) is 4.42. The first-order valence-electron chi connectivity index (χ1n) is 6.12. The fourth-order valence-corrected chi connectivity index (χ4v) is 3.29. The van der Waals surface area contributed by atoms with E-state index in [1.165, 1.54) is 10.9 Å². The fraction of sp³-hybridized carbons (Fsp3) is 0.0769. The molecule has 3 rings (SSSR count). The molecular weight excluding hydrogens is 290 g/mol. The zero-order valence-corrected chi connectivity index (χ0v) is 12.0. The van der Waals surface area contributed by atoms with E-state index in [-0.39, 0.29) is 10.7 Å². The molecule has 3 aromatic rings. The van der Waals surface area contributed by atoms with Crippen LogP contribution >= 0.6 is 0 Å². The molecular formula is C13H13N5O2S. The molecule has 0 saturated carbocycles. The molecule has 1 aromatic carbocycles. The molecule has 0 radical (unpaired) electrons. The summed E-state index contributed by atoms with van der Waals surface area (Å²) in [5.41, 5.74) is 6.10. The Kier molecular flexibility index (Phi) is 3.02. The summed E-state index contributed by atoms with van der Waals surface area (Å²) in [6.45, 7) is 0. The van der Waals surface area contributed by atoms with E-state index in [1.807, 2.05) is 6.07 Å². The Morgan fingerprint density at radius 3 is 2.81 bits per heavy atom. The van der Waals surface area contributed by atoms with Crippen LogP contribution in [0.15, 0.2) is 47.8 Å². The largest absolute Gasteiger partial charge is 0.381 e. The maximum absolute atomic E-state index is 12.4. The van der Waals surface area contributed by atoms with Crippen LogP contribution in [0.5, 0.6) is 0 Å². The summed E-state index contributed by atoms with van der Waals surface area (Å²) >= 11 is 0. The predicted molar refractivity (Wildman–Crippen MR) is 80.2 cm³/mol. The molecule has 2 aromatic heterocycles.